The summed E-state index contributed by atoms with van der Waals surface area (Å²) in [4.78, 5) is 31.9. The molecule has 0 atom stereocenters. The molecule has 1 fully saturated rings. The molecule has 3 heterocycles. The lowest BCUT2D eigenvalue weighted by Gasteiger charge is -2.27. The van der Waals surface area contributed by atoms with Gasteiger partial charge in [0.25, 0.3) is 11.8 Å². The Morgan fingerprint density at radius 3 is 2.60 bits per heavy atom. The van der Waals surface area contributed by atoms with Gasteiger partial charge in [-0.05, 0) is 43.5 Å². The van der Waals surface area contributed by atoms with E-state index in [9.17, 15) is 9.59 Å². The molecule has 0 bridgehead atoms. The van der Waals surface area contributed by atoms with Crippen LogP contribution in [-0.2, 0) is 0 Å². The van der Waals surface area contributed by atoms with E-state index in [1.165, 1.54) is 25.1 Å². The molecular formula is C21H23N5O4. The molecule has 0 unspecified atom stereocenters. The summed E-state index contributed by atoms with van der Waals surface area (Å²) in [5.74, 6) is 0.208. The van der Waals surface area contributed by atoms with Crippen molar-refractivity contribution in [3.8, 4) is 11.5 Å². The van der Waals surface area contributed by atoms with Crippen LogP contribution in [0.5, 0.6) is 11.5 Å². The Morgan fingerprint density at radius 2 is 1.87 bits per heavy atom. The fourth-order valence-corrected chi connectivity index (χ4v) is 3.66. The van der Waals surface area contributed by atoms with Gasteiger partial charge < -0.3 is 19.7 Å². The number of aromatic nitrogens is 3. The molecule has 156 valence electrons. The van der Waals surface area contributed by atoms with Gasteiger partial charge in [0.05, 0.1) is 19.9 Å². The van der Waals surface area contributed by atoms with Gasteiger partial charge >= 0.3 is 0 Å². The molecule has 2 aromatic heterocycles. The molecule has 3 aromatic rings. The number of likely N-dealkylation sites (tertiary alicyclic amines) is 1. The molecule has 0 aliphatic carbocycles. The number of ether oxygens (including phenoxy) is 2. The molecule has 1 aliphatic heterocycles. The molecule has 0 radical (unpaired) electrons. The summed E-state index contributed by atoms with van der Waals surface area (Å²) in [6.07, 6.45) is 4.49. The summed E-state index contributed by atoms with van der Waals surface area (Å²) >= 11 is 0. The predicted octanol–water partition coefficient (Wildman–Crippen LogP) is 2.62. The highest BCUT2D eigenvalue weighted by atomic mass is 16.5. The van der Waals surface area contributed by atoms with E-state index in [2.05, 4.69) is 15.4 Å². The molecule has 1 aliphatic rings. The number of carbonyl (C=O) groups is 2. The Labute approximate surface area is 173 Å². The van der Waals surface area contributed by atoms with Crippen LogP contribution in [0.15, 0.2) is 36.7 Å². The third-order valence-corrected chi connectivity index (χ3v) is 5.15. The van der Waals surface area contributed by atoms with Crippen molar-refractivity contribution in [2.45, 2.75) is 19.3 Å². The lowest BCUT2D eigenvalue weighted by molar-refractivity contribution is 0.0723. The molecular weight excluding hydrogens is 386 g/mol. The maximum absolute atomic E-state index is 13.0. The molecule has 9 nitrogen and oxygen atoms in total. The van der Waals surface area contributed by atoms with Gasteiger partial charge in [-0.15, -0.1) is 0 Å². The van der Waals surface area contributed by atoms with Gasteiger partial charge in [-0.1, -0.05) is 6.07 Å². The summed E-state index contributed by atoms with van der Waals surface area (Å²) in [5.41, 5.74) is 1.64. The van der Waals surface area contributed by atoms with Crippen molar-refractivity contribution >= 4 is 23.1 Å². The Bertz CT molecular complexity index is 1090. The average molecular weight is 409 g/mol. The number of piperidine rings is 1. The molecule has 2 amide bonds. The SMILES string of the molecule is COc1cc(C(=O)N2CCCCC2)cc(NC(=O)c2cccc3ncnn23)c1OC. The standard InChI is InChI=1S/C21H23N5O4/c1-29-17-12-14(21(28)25-9-4-3-5-10-25)11-15(19(17)30-2)24-20(27)16-7-6-8-18-22-13-23-26(16)18/h6-8,11-13H,3-5,9-10H2,1-2H3,(H,24,27). The van der Waals surface area contributed by atoms with Gasteiger partial charge in [0.1, 0.15) is 12.0 Å². The largest absolute Gasteiger partial charge is 0.493 e. The van der Waals surface area contributed by atoms with Gasteiger partial charge in [0, 0.05) is 18.7 Å². The molecule has 0 saturated carbocycles. The van der Waals surface area contributed by atoms with Crippen LogP contribution in [0.25, 0.3) is 5.65 Å². The third-order valence-electron chi connectivity index (χ3n) is 5.15. The van der Waals surface area contributed by atoms with Crippen molar-refractivity contribution in [2.24, 2.45) is 0 Å². The first kappa shape index (κ1) is 19.7. The van der Waals surface area contributed by atoms with Crippen molar-refractivity contribution in [3.63, 3.8) is 0 Å². The normalized spacial score (nSPS) is 13.9. The Hall–Kier alpha value is -3.62. The fraction of sp³-hybridized carbons (Fsp3) is 0.333. The van der Waals surface area contributed by atoms with Crippen LogP contribution >= 0.6 is 0 Å². The zero-order chi connectivity index (χ0) is 21.1. The van der Waals surface area contributed by atoms with E-state index in [1.807, 2.05) is 4.90 Å². The number of anilines is 1. The lowest BCUT2D eigenvalue weighted by atomic mass is 10.1. The van der Waals surface area contributed by atoms with Crippen LogP contribution in [0.3, 0.4) is 0 Å². The minimum atomic E-state index is -0.408. The highest BCUT2D eigenvalue weighted by Gasteiger charge is 2.23. The molecule has 30 heavy (non-hydrogen) atoms. The van der Waals surface area contributed by atoms with Gasteiger partial charge in [-0.2, -0.15) is 5.10 Å². The van der Waals surface area contributed by atoms with Gasteiger partial charge in [0.15, 0.2) is 17.1 Å². The van der Waals surface area contributed by atoms with Crippen molar-refractivity contribution < 1.29 is 19.1 Å². The van der Waals surface area contributed by atoms with Crippen LogP contribution in [0.4, 0.5) is 5.69 Å². The van der Waals surface area contributed by atoms with Gasteiger partial charge in [0.2, 0.25) is 0 Å². The molecule has 4 rings (SSSR count). The van der Waals surface area contributed by atoms with E-state index in [0.29, 0.717) is 34.1 Å². The Kier molecular flexibility index (Phi) is 5.51. The number of carbonyl (C=O) groups excluding carboxylic acids is 2. The van der Waals surface area contributed by atoms with Crippen LogP contribution in [0.1, 0.15) is 40.1 Å². The number of rotatable bonds is 5. The van der Waals surface area contributed by atoms with E-state index in [1.54, 1.807) is 30.3 Å². The number of nitrogens with one attached hydrogen (secondary N) is 1. The number of benzene rings is 1. The van der Waals surface area contributed by atoms with Crippen LogP contribution < -0.4 is 14.8 Å². The third kappa shape index (κ3) is 3.66. The van der Waals surface area contributed by atoms with E-state index in [0.717, 1.165) is 32.4 Å². The summed E-state index contributed by atoms with van der Waals surface area (Å²) in [6, 6.07) is 8.39. The first-order valence-corrected chi connectivity index (χ1v) is 9.77. The number of fused-ring (bicyclic) bond motifs is 1. The fourth-order valence-electron chi connectivity index (χ4n) is 3.66. The Balaban J connectivity index is 1.69. The van der Waals surface area contributed by atoms with E-state index >= 15 is 0 Å². The van der Waals surface area contributed by atoms with Crippen LogP contribution in [-0.4, -0.2) is 58.6 Å². The lowest BCUT2D eigenvalue weighted by Crippen LogP contribution is -2.35. The number of nitrogens with zero attached hydrogens (tertiary/aromatic N) is 4. The smallest absolute Gasteiger partial charge is 0.274 e. The molecule has 1 aromatic carbocycles. The van der Waals surface area contributed by atoms with Crippen molar-refractivity contribution in [1.29, 1.82) is 0 Å². The number of hydrogen-bond donors (Lipinski definition) is 1. The number of methoxy groups -OCH3 is 2. The molecule has 1 saturated heterocycles. The summed E-state index contributed by atoms with van der Waals surface area (Å²) in [6.45, 7) is 1.45. The van der Waals surface area contributed by atoms with Crippen molar-refractivity contribution in [2.75, 3.05) is 32.6 Å². The van der Waals surface area contributed by atoms with E-state index < -0.39 is 5.91 Å². The first-order valence-electron chi connectivity index (χ1n) is 9.77. The second kappa shape index (κ2) is 8.40. The highest BCUT2D eigenvalue weighted by molar-refractivity contribution is 6.06. The van der Waals surface area contributed by atoms with Crippen molar-refractivity contribution in [3.05, 3.63) is 47.9 Å². The van der Waals surface area contributed by atoms with Gasteiger partial charge in [-0.3, -0.25) is 9.59 Å². The van der Waals surface area contributed by atoms with E-state index in [4.69, 9.17) is 9.47 Å². The quantitative estimate of drug-likeness (QED) is 0.696. The average Bonchev–Trinajstić information content (AvgIpc) is 3.27. The zero-order valence-corrected chi connectivity index (χ0v) is 16.9. The van der Waals surface area contributed by atoms with Crippen LogP contribution in [0, 0.1) is 0 Å². The monoisotopic (exact) mass is 409 g/mol. The molecule has 1 N–H and O–H groups in total. The van der Waals surface area contributed by atoms with E-state index in [-0.39, 0.29) is 5.91 Å². The minimum absolute atomic E-state index is 0.0930. The molecule has 9 heteroatoms. The minimum Gasteiger partial charge on any atom is -0.493 e. The summed E-state index contributed by atoms with van der Waals surface area (Å²) in [5, 5.41) is 6.92. The van der Waals surface area contributed by atoms with Crippen LogP contribution in [0.2, 0.25) is 0 Å². The summed E-state index contributed by atoms with van der Waals surface area (Å²) < 4.78 is 12.3. The maximum Gasteiger partial charge on any atom is 0.274 e. The Morgan fingerprint density at radius 1 is 1.07 bits per heavy atom. The van der Waals surface area contributed by atoms with Gasteiger partial charge in [-0.25, -0.2) is 9.50 Å². The maximum atomic E-state index is 13.0. The predicted molar refractivity (Wildman–Crippen MR) is 110 cm³/mol. The molecule has 0 spiro atoms. The second-order valence-electron chi connectivity index (χ2n) is 7.01. The second-order valence-corrected chi connectivity index (χ2v) is 7.01. The first-order chi connectivity index (χ1) is 14.6. The summed E-state index contributed by atoms with van der Waals surface area (Å²) in [7, 11) is 2.98. The highest BCUT2D eigenvalue weighted by Crippen LogP contribution is 2.37. The van der Waals surface area contributed by atoms with Crippen molar-refractivity contribution in [1.82, 2.24) is 19.5 Å². The number of amides is 2. The number of pyridine rings is 1. The number of hydrogen-bond acceptors (Lipinski definition) is 6. The topological polar surface area (TPSA) is 98.1 Å². The zero-order valence-electron chi connectivity index (χ0n) is 16.9.